The molecule has 5 rings (SSSR count). The van der Waals surface area contributed by atoms with Crippen molar-refractivity contribution in [3.8, 4) is 16.9 Å². The van der Waals surface area contributed by atoms with Gasteiger partial charge in [-0.3, -0.25) is 9.78 Å². The van der Waals surface area contributed by atoms with Gasteiger partial charge in [0.05, 0.1) is 17.0 Å². The fourth-order valence-electron chi connectivity index (χ4n) is 4.26. The Kier molecular flexibility index (Phi) is 6.71. The minimum atomic E-state index is -3.58. The van der Waals surface area contributed by atoms with Gasteiger partial charge in [0.1, 0.15) is 12.4 Å². The molecule has 7 nitrogen and oxygen atoms in total. The van der Waals surface area contributed by atoms with Gasteiger partial charge < -0.3 is 9.64 Å². The van der Waals surface area contributed by atoms with E-state index < -0.39 is 10.0 Å². The van der Waals surface area contributed by atoms with E-state index in [1.54, 1.807) is 17.0 Å². The number of hydrogen-bond acceptors (Lipinski definition) is 5. The summed E-state index contributed by atoms with van der Waals surface area (Å²) in [5, 5.41) is 1.06. The maximum Gasteiger partial charge on any atom is 0.254 e. The molecule has 36 heavy (non-hydrogen) atoms. The molecule has 0 spiro atoms. The second-order valence-corrected chi connectivity index (χ2v) is 10.5. The molecule has 184 valence electrons. The summed E-state index contributed by atoms with van der Waals surface area (Å²) in [5.74, 6) is 0.584. The topological polar surface area (TPSA) is 88.6 Å². The van der Waals surface area contributed by atoms with Crippen LogP contribution in [0.4, 0.5) is 0 Å². The largest absolute Gasteiger partial charge is 0.491 e. The monoisotopic (exact) mass is 501 g/mol. The zero-order valence-corrected chi connectivity index (χ0v) is 20.8. The van der Waals surface area contributed by atoms with Crippen LogP contribution in [0.25, 0.3) is 22.0 Å². The number of para-hydroxylation sites is 1. The fraction of sp³-hybridized carbons (Fsp3) is 0.214. The lowest BCUT2D eigenvalue weighted by atomic mass is 10.0. The third kappa shape index (κ3) is 4.96. The number of hydrogen-bond donors (Lipinski definition) is 1. The number of amides is 1. The van der Waals surface area contributed by atoms with Gasteiger partial charge in [0.2, 0.25) is 10.0 Å². The molecule has 0 saturated heterocycles. The van der Waals surface area contributed by atoms with Crippen molar-refractivity contribution in [1.29, 1.82) is 0 Å². The summed E-state index contributed by atoms with van der Waals surface area (Å²) in [5.41, 5.74) is 4.28. The van der Waals surface area contributed by atoms with Crippen molar-refractivity contribution in [2.45, 2.75) is 24.8 Å². The fourth-order valence-corrected chi connectivity index (χ4v) is 5.39. The van der Waals surface area contributed by atoms with E-state index in [9.17, 15) is 13.2 Å². The van der Waals surface area contributed by atoms with Gasteiger partial charge >= 0.3 is 0 Å². The molecule has 0 aliphatic carbocycles. The summed E-state index contributed by atoms with van der Waals surface area (Å²) < 4.78 is 33.2. The molecule has 0 bridgehead atoms. The molecule has 0 fully saturated rings. The highest BCUT2D eigenvalue weighted by Crippen LogP contribution is 2.30. The number of nitrogens with one attached hydrogen (secondary N) is 1. The lowest BCUT2D eigenvalue weighted by Crippen LogP contribution is -2.32. The molecule has 0 radical (unpaired) electrons. The average molecular weight is 502 g/mol. The smallest absolute Gasteiger partial charge is 0.254 e. The highest BCUT2D eigenvalue weighted by atomic mass is 32.2. The number of benzene rings is 3. The molecule has 1 N–H and O–H groups in total. The maximum atomic E-state index is 13.3. The van der Waals surface area contributed by atoms with Crippen LogP contribution in [0, 0.1) is 0 Å². The molecular weight excluding hydrogens is 474 g/mol. The van der Waals surface area contributed by atoms with Crippen molar-refractivity contribution in [3.63, 3.8) is 0 Å². The second kappa shape index (κ2) is 10.1. The Morgan fingerprint density at radius 2 is 1.83 bits per heavy atom. The van der Waals surface area contributed by atoms with Gasteiger partial charge in [0.25, 0.3) is 5.91 Å². The molecule has 2 heterocycles. The Labute approximate surface area is 210 Å². The van der Waals surface area contributed by atoms with Gasteiger partial charge in [-0.15, -0.1) is 0 Å². The molecule has 0 unspecified atom stereocenters. The van der Waals surface area contributed by atoms with E-state index in [1.165, 1.54) is 12.1 Å². The number of rotatable bonds is 6. The molecule has 1 aliphatic rings. The van der Waals surface area contributed by atoms with Crippen LogP contribution in [-0.4, -0.2) is 43.9 Å². The number of fused-ring (bicyclic) bond motifs is 2. The number of sulfonamides is 1. The summed E-state index contributed by atoms with van der Waals surface area (Å²) in [6.07, 6.45) is 2.56. The Morgan fingerprint density at radius 1 is 1.03 bits per heavy atom. The van der Waals surface area contributed by atoms with Crippen LogP contribution in [0.5, 0.6) is 5.75 Å². The van der Waals surface area contributed by atoms with E-state index in [4.69, 9.17) is 4.74 Å². The molecule has 0 atom stereocenters. The minimum Gasteiger partial charge on any atom is -0.491 e. The molecule has 1 aromatic heterocycles. The van der Waals surface area contributed by atoms with Gasteiger partial charge in [0, 0.05) is 41.4 Å². The number of aromatic nitrogens is 1. The second-order valence-electron chi connectivity index (χ2n) is 8.74. The van der Waals surface area contributed by atoms with Crippen molar-refractivity contribution in [1.82, 2.24) is 14.6 Å². The van der Waals surface area contributed by atoms with Gasteiger partial charge in [-0.25, -0.2) is 13.1 Å². The highest BCUT2D eigenvalue weighted by molar-refractivity contribution is 7.89. The van der Waals surface area contributed by atoms with Gasteiger partial charge in [0.15, 0.2) is 0 Å². The van der Waals surface area contributed by atoms with Crippen molar-refractivity contribution < 1.29 is 17.9 Å². The number of pyridine rings is 1. The van der Waals surface area contributed by atoms with Crippen molar-refractivity contribution in [3.05, 3.63) is 90.1 Å². The van der Waals surface area contributed by atoms with E-state index >= 15 is 0 Å². The van der Waals surface area contributed by atoms with Gasteiger partial charge in [-0.2, -0.15) is 0 Å². The maximum absolute atomic E-state index is 13.3. The van der Waals surface area contributed by atoms with Crippen LogP contribution in [0.3, 0.4) is 0 Å². The Balaban J connectivity index is 1.38. The van der Waals surface area contributed by atoms with Crippen LogP contribution in [-0.2, 0) is 16.6 Å². The summed E-state index contributed by atoms with van der Waals surface area (Å²) >= 11 is 0. The van der Waals surface area contributed by atoms with E-state index in [0.717, 1.165) is 33.3 Å². The van der Waals surface area contributed by atoms with Crippen LogP contribution >= 0.6 is 0 Å². The minimum absolute atomic E-state index is 0.144. The molecular formula is C28H27N3O4S. The quantitative estimate of drug-likeness (QED) is 0.416. The first-order chi connectivity index (χ1) is 17.4. The number of ether oxygens (including phenoxy) is 1. The Bertz CT molecular complexity index is 1520. The third-order valence-electron chi connectivity index (χ3n) is 6.21. The van der Waals surface area contributed by atoms with Crippen molar-refractivity contribution in [2.75, 3.05) is 19.7 Å². The summed E-state index contributed by atoms with van der Waals surface area (Å²) in [6, 6.07) is 22.1. The molecule has 8 heteroatoms. The van der Waals surface area contributed by atoms with E-state index in [0.29, 0.717) is 38.2 Å². The van der Waals surface area contributed by atoms with Crippen molar-refractivity contribution in [2.24, 2.45) is 0 Å². The zero-order valence-electron chi connectivity index (χ0n) is 20.0. The molecule has 4 aromatic rings. The van der Waals surface area contributed by atoms with Gasteiger partial charge in [-0.1, -0.05) is 31.2 Å². The van der Waals surface area contributed by atoms with Crippen molar-refractivity contribution >= 4 is 26.8 Å². The standard InChI is InChI=1S/C28H27N3O4S/c1-2-13-30-36(33,34)25-10-7-20(8-11-25)28(32)31-14-15-35-27-12-9-21(16-24(27)19-31)23-17-22-5-3-4-6-26(22)29-18-23/h3-12,16-18,30H,2,13-15,19H2,1H3. The Hall–Kier alpha value is -3.75. The Morgan fingerprint density at radius 3 is 2.64 bits per heavy atom. The predicted molar refractivity (Wildman–Crippen MR) is 139 cm³/mol. The number of carbonyl (C=O) groups is 1. The lowest BCUT2D eigenvalue weighted by molar-refractivity contribution is 0.0733. The first kappa shape index (κ1) is 24.0. The third-order valence-corrected chi connectivity index (χ3v) is 7.68. The zero-order chi connectivity index (χ0) is 25.1. The summed E-state index contributed by atoms with van der Waals surface area (Å²) in [7, 11) is -3.58. The molecule has 1 amide bonds. The molecule has 1 aliphatic heterocycles. The average Bonchev–Trinajstić information content (AvgIpc) is 3.13. The first-order valence-electron chi connectivity index (χ1n) is 11.9. The van der Waals surface area contributed by atoms with E-state index in [2.05, 4.69) is 15.8 Å². The normalized spacial score (nSPS) is 13.6. The summed E-state index contributed by atoms with van der Waals surface area (Å²) in [6.45, 7) is 3.46. The van der Waals surface area contributed by atoms with E-state index in [1.807, 2.05) is 55.6 Å². The van der Waals surface area contributed by atoms with Crippen LogP contribution in [0.1, 0.15) is 29.3 Å². The van der Waals surface area contributed by atoms with Crippen LogP contribution < -0.4 is 9.46 Å². The van der Waals surface area contributed by atoms with E-state index in [-0.39, 0.29) is 10.8 Å². The van der Waals surface area contributed by atoms with Crippen LogP contribution in [0.15, 0.2) is 83.9 Å². The first-order valence-corrected chi connectivity index (χ1v) is 13.4. The predicted octanol–water partition coefficient (Wildman–Crippen LogP) is 4.62. The number of carbonyl (C=O) groups excluding carboxylic acids is 1. The molecule has 0 saturated carbocycles. The van der Waals surface area contributed by atoms with Crippen LogP contribution in [0.2, 0.25) is 0 Å². The summed E-state index contributed by atoms with van der Waals surface area (Å²) in [4.78, 5) is 19.7. The SMILES string of the molecule is CCCNS(=O)(=O)c1ccc(C(=O)N2CCOc3ccc(-c4cnc5ccccc5c4)cc3C2)cc1. The molecule has 3 aromatic carbocycles. The van der Waals surface area contributed by atoms with Gasteiger partial charge in [-0.05, 0) is 60.5 Å². The number of nitrogens with zero attached hydrogens (tertiary/aromatic N) is 2. The lowest BCUT2D eigenvalue weighted by Gasteiger charge is -2.20. The highest BCUT2D eigenvalue weighted by Gasteiger charge is 2.22.